The smallest absolute Gasteiger partial charge is 0.317 e. The molecule has 7 nitrogen and oxygen atoms in total. The number of esters is 2. The molecule has 0 radical (unpaired) electrons. The molecule has 1 aromatic carbocycles. The molecule has 172 valence electrons. The van der Waals surface area contributed by atoms with Gasteiger partial charge in [-0.1, -0.05) is 39.8 Å². The Morgan fingerprint density at radius 2 is 1.55 bits per heavy atom. The number of ketones is 1. The second kappa shape index (κ2) is 10.3. The summed E-state index contributed by atoms with van der Waals surface area (Å²) in [6, 6.07) is 6.78. The van der Waals surface area contributed by atoms with E-state index >= 15 is 0 Å². The van der Waals surface area contributed by atoms with E-state index in [0.717, 1.165) is 0 Å². The highest BCUT2D eigenvalue weighted by Crippen LogP contribution is 2.47. The maximum atomic E-state index is 13.1. The number of rotatable bonds is 8. The molecule has 2 rings (SSSR count). The van der Waals surface area contributed by atoms with E-state index in [-0.39, 0.29) is 31.5 Å². The zero-order valence-electron chi connectivity index (χ0n) is 19.2. The summed E-state index contributed by atoms with van der Waals surface area (Å²) < 4.78 is 16.0. The summed E-state index contributed by atoms with van der Waals surface area (Å²) >= 11 is 0. The highest BCUT2D eigenvalue weighted by atomic mass is 16.5. The number of methoxy groups -OCH3 is 1. The van der Waals surface area contributed by atoms with Gasteiger partial charge in [-0.15, -0.1) is 0 Å². The van der Waals surface area contributed by atoms with Crippen molar-refractivity contribution in [2.75, 3.05) is 20.3 Å². The van der Waals surface area contributed by atoms with Crippen LogP contribution in [0.5, 0.6) is 5.75 Å². The zero-order valence-corrected chi connectivity index (χ0v) is 19.2. The van der Waals surface area contributed by atoms with E-state index in [9.17, 15) is 19.5 Å². The lowest BCUT2D eigenvalue weighted by Gasteiger charge is -2.43. The SMILES string of the molecule is COc1ccc([C@@H]2[C@@H](C(=O)OCC(C)C)C(=O)C[C@](C)(O)[C@H]2C(=O)OCC(C)C)cc1. The van der Waals surface area contributed by atoms with Crippen LogP contribution in [-0.4, -0.2) is 48.8 Å². The number of carbonyl (C=O) groups excluding carboxylic acids is 3. The van der Waals surface area contributed by atoms with E-state index in [1.165, 1.54) is 14.0 Å². The lowest BCUT2D eigenvalue weighted by Crippen LogP contribution is -2.55. The molecule has 1 saturated carbocycles. The van der Waals surface area contributed by atoms with Crippen LogP contribution in [0.15, 0.2) is 24.3 Å². The molecule has 0 unspecified atom stereocenters. The van der Waals surface area contributed by atoms with Crippen molar-refractivity contribution in [2.45, 2.75) is 52.6 Å². The highest BCUT2D eigenvalue weighted by Gasteiger charge is 2.57. The normalized spacial score (nSPS) is 26.1. The Kier molecular flexibility index (Phi) is 8.23. The van der Waals surface area contributed by atoms with Gasteiger partial charge in [0.25, 0.3) is 0 Å². The van der Waals surface area contributed by atoms with Crippen molar-refractivity contribution in [3.63, 3.8) is 0 Å². The van der Waals surface area contributed by atoms with Gasteiger partial charge < -0.3 is 19.3 Å². The van der Waals surface area contributed by atoms with Crippen LogP contribution in [0.4, 0.5) is 0 Å². The Morgan fingerprint density at radius 1 is 1.03 bits per heavy atom. The monoisotopic (exact) mass is 434 g/mol. The van der Waals surface area contributed by atoms with E-state index < -0.39 is 41.1 Å². The molecule has 1 aromatic rings. The molecular weight excluding hydrogens is 400 g/mol. The summed E-state index contributed by atoms with van der Waals surface area (Å²) in [6.07, 6.45) is -0.331. The number of benzene rings is 1. The van der Waals surface area contributed by atoms with Crippen LogP contribution in [0.3, 0.4) is 0 Å². The molecule has 7 heteroatoms. The predicted octanol–water partition coefficient (Wildman–Crippen LogP) is 3.13. The van der Waals surface area contributed by atoms with Gasteiger partial charge in [-0.2, -0.15) is 0 Å². The summed E-state index contributed by atoms with van der Waals surface area (Å²) in [5, 5.41) is 11.1. The Balaban J connectivity index is 2.52. The summed E-state index contributed by atoms with van der Waals surface area (Å²) in [6.45, 7) is 9.39. The van der Waals surface area contributed by atoms with Gasteiger partial charge in [-0.25, -0.2) is 0 Å². The minimum atomic E-state index is -1.66. The summed E-state index contributed by atoms with van der Waals surface area (Å²) in [5.41, 5.74) is -1.10. The van der Waals surface area contributed by atoms with E-state index in [2.05, 4.69) is 0 Å². The van der Waals surface area contributed by atoms with Crippen LogP contribution < -0.4 is 4.74 Å². The largest absolute Gasteiger partial charge is 0.497 e. The third-order valence-corrected chi connectivity index (χ3v) is 5.39. The molecule has 1 aliphatic rings. The number of carbonyl (C=O) groups is 3. The molecule has 4 atom stereocenters. The minimum Gasteiger partial charge on any atom is -0.497 e. The molecule has 0 amide bonds. The molecule has 1 aliphatic carbocycles. The third-order valence-electron chi connectivity index (χ3n) is 5.39. The fourth-order valence-corrected chi connectivity index (χ4v) is 3.92. The van der Waals surface area contributed by atoms with E-state index in [0.29, 0.717) is 11.3 Å². The zero-order chi connectivity index (χ0) is 23.3. The number of Topliss-reactive ketones (excluding diaryl/α,β-unsaturated/α-hetero) is 1. The van der Waals surface area contributed by atoms with Gasteiger partial charge in [-0.3, -0.25) is 14.4 Å². The van der Waals surface area contributed by atoms with E-state index in [1.807, 2.05) is 27.7 Å². The first kappa shape index (κ1) is 24.9. The molecule has 0 heterocycles. The van der Waals surface area contributed by atoms with Gasteiger partial charge in [0.2, 0.25) is 0 Å². The quantitative estimate of drug-likeness (QED) is 0.496. The number of hydrogen-bond acceptors (Lipinski definition) is 7. The van der Waals surface area contributed by atoms with Crippen LogP contribution in [-0.2, 0) is 23.9 Å². The molecule has 0 aromatic heterocycles. The second-order valence-corrected chi connectivity index (χ2v) is 9.30. The molecule has 0 spiro atoms. The Labute approximate surface area is 184 Å². The maximum absolute atomic E-state index is 13.1. The predicted molar refractivity (Wildman–Crippen MR) is 115 cm³/mol. The number of aliphatic hydroxyl groups is 1. The summed E-state index contributed by atoms with van der Waals surface area (Å²) in [7, 11) is 1.53. The van der Waals surface area contributed by atoms with Crippen LogP contribution in [0.1, 0.15) is 52.5 Å². The molecule has 0 saturated heterocycles. The Hall–Kier alpha value is -2.41. The molecule has 0 bridgehead atoms. The molecule has 0 aliphatic heterocycles. The van der Waals surface area contributed by atoms with Crippen LogP contribution in [0.25, 0.3) is 0 Å². The van der Waals surface area contributed by atoms with Gasteiger partial charge in [0.05, 0.1) is 31.8 Å². The van der Waals surface area contributed by atoms with Crippen molar-refractivity contribution in [3.8, 4) is 5.75 Å². The molecule has 1 fully saturated rings. The first-order valence-electron chi connectivity index (χ1n) is 10.7. The minimum absolute atomic E-state index is 0.0944. The second-order valence-electron chi connectivity index (χ2n) is 9.30. The summed E-state index contributed by atoms with van der Waals surface area (Å²) in [5.74, 6) is -4.20. The maximum Gasteiger partial charge on any atom is 0.317 e. The molecule has 31 heavy (non-hydrogen) atoms. The van der Waals surface area contributed by atoms with Crippen molar-refractivity contribution in [2.24, 2.45) is 23.7 Å². The first-order chi connectivity index (χ1) is 14.5. The van der Waals surface area contributed by atoms with Crippen molar-refractivity contribution >= 4 is 17.7 Å². The molecular formula is C24H34O7. The lowest BCUT2D eigenvalue weighted by atomic mass is 9.61. The van der Waals surface area contributed by atoms with Crippen LogP contribution in [0, 0.1) is 23.7 Å². The van der Waals surface area contributed by atoms with Crippen molar-refractivity contribution < 1.29 is 33.7 Å². The third kappa shape index (κ3) is 6.06. The number of hydrogen-bond donors (Lipinski definition) is 1. The standard InChI is InChI=1S/C24H34O7/c1-14(2)12-30-22(26)20-18(25)11-24(5,28)21(23(27)31-13-15(3)4)19(20)16-7-9-17(29-6)10-8-16/h7-10,14-15,19-21,28H,11-13H2,1-6H3/t19-,20+,21-,24+/m1/s1. The van der Waals surface area contributed by atoms with Crippen molar-refractivity contribution in [1.29, 1.82) is 0 Å². The van der Waals surface area contributed by atoms with Crippen molar-refractivity contribution in [1.82, 2.24) is 0 Å². The van der Waals surface area contributed by atoms with Gasteiger partial charge in [0, 0.05) is 12.3 Å². The Bertz CT molecular complexity index is 780. The van der Waals surface area contributed by atoms with E-state index in [1.54, 1.807) is 24.3 Å². The van der Waals surface area contributed by atoms with Gasteiger partial charge in [0.1, 0.15) is 11.7 Å². The fourth-order valence-electron chi connectivity index (χ4n) is 3.92. The summed E-state index contributed by atoms with van der Waals surface area (Å²) in [4.78, 5) is 39.1. The number of ether oxygens (including phenoxy) is 3. The van der Waals surface area contributed by atoms with Gasteiger partial charge in [-0.05, 0) is 36.5 Å². The van der Waals surface area contributed by atoms with Crippen LogP contribution >= 0.6 is 0 Å². The van der Waals surface area contributed by atoms with Crippen LogP contribution in [0.2, 0.25) is 0 Å². The molecule has 1 N–H and O–H groups in total. The van der Waals surface area contributed by atoms with E-state index in [4.69, 9.17) is 14.2 Å². The average Bonchev–Trinajstić information content (AvgIpc) is 2.69. The lowest BCUT2D eigenvalue weighted by molar-refractivity contribution is -0.173. The van der Waals surface area contributed by atoms with Gasteiger partial charge >= 0.3 is 11.9 Å². The van der Waals surface area contributed by atoms with Gasteiger partial charge in [0.15, 0.2) is 5.78 Å². The first-order valence-corrected chi connectivity index (χ1v) is 10.7. The topological polar surface area (TPSA) is 99.1 Å². The fraction of sp³-hybridized carbons (Fsp3) is 0.625. The Morgan fingerprint density at radius 3 is 2.03 bits per heavy atom. The van der Waals surface area contributed by atoms with Crippen molar-refractivity contribution in [3.05, 3.63) is 29.8 Å². The highest BCUT2D eigenvalue weighted by molar-refractivity contribution is 6.02. The average molecular weight is 435 g/mol.